The number of aromatic nitrogens is 1. The molecule has 4 rings (SSSR count). The molecule has 3 aromatic rings. The van der Waals surface area contributed by atoms with Crippen LogP contribution in [-0.4, -0.2) is 59.5 Å². The molecule has 0 amide bonds. The van der Waals surface area contributed by atoms with Gasteiger partial charge in [-0.05, 0) is 53.4 Å². The van der Waals surface area contributed by atoms with Gasteiger partial charge < -0.3 is 19.8 Å². The molecule has 1 aliphatic rings. The van der Waals surface area contributed by atoms with Crippen molar-refractivity contribution in [2.24, 2.45) is 0 Å². The van der Waals surface area contributed by atoms with Crippen LogP contribution < -0.4 is 9.64 Å². The van der Waals surface area contributed by atoms with E-state index < -0.39 is 0 Å². The molecule has 1 saturated heterocycles. The quantitative estimate of drug-likeness (QED) is 0.454. The van der Waals surface area contributed by atoms with Crippen molar-refractivity contribution in [2.75, 3.05) is 44.3 Å². The first kappa shape index (κ1) is 25.4. The van der Waals surface area contributed by atoms with Gasteiger partial charge in [-0.2, -0.15) is 0 Å². The number of halogens is 2. The summed E-state index contributed by atoms with van der Waals surface area (Å²) < 4.78 is 19.2. The Balaban J connectivity index is 1.55. The minimum absolute atomic E-state index is 0.0105. The molecule has 1 fully saturated rings. The van der Waals surface area contributed by atoms with Crippen LogP contribution in [0.3, 0.4) is 0 Å². The Kier molecular flexibility index (Phi) is 8.57. The number of piperazine rings is 1. The molecule has 1 aliphatic heterocycles. The molecule has 0 saturated carbocycles. The van der Waals surface area contributed by atoms with E-state index in [1.165, 1.54) is 12.1 Å². The first-order valence-electron chi connectivity index (χ1n) is 11.8. The number of aliphatic hydroxyl groups is 2. The highest BCUT2D eigenvalue weighted by atomic mass is 35.5. The van der Waals surface area contributed by atoms with Gasteiger partial charge in [0.15, 0.2) is 0 Å². The van der Waals surface area contributed by atoms with Crippen molar-refractivity contribution < 1.29 is 19.3 Å². The lowest BCUT2D eigenvalue weighted by atomic mass is 9.97. The maximum absolute atomic E-state index is 13.7. The van der Waals surface area contributed by atoms with Gasteiger partial charge in [-0.15, -0.1) is 0 Å². The monoisotopic (exact) mass is 499 g/mol. The largest absolute Gasteiger partial charge is 0.491 e. The summed E-state index contributed by atoms with van der Waals surface area (Å²) in [5.74, 6) is 0.607. The van der Waals surface area contributed by atoms with E-state index in [9.17, 15) is 9.50 Å². The molecule has 2 N–H and O–H groups in total. The molecule has 0 aliphatic carbocycles. The van der Waals surface area contributed by atoms with Crippen LogP contribution in [0.1, 0.15) is 35.7 Å². The van der Waals surface area contributed by atoms with Gasteiger partial charge in [-0.3, -0.25) is 9.88 Å². The van der Waals surface area contributed by atoms with Crippen molar-refractivity contribution in [3.8, 4) is 5.75 Å². The Hall–Kier alpha value is -2.71. The van der Waals surface area contributed by atoms with Gasteiger partial charge in [-0.1, -0.05) is 30.7 Å². The standard InChI is InChI=1S/C27H31ClFN3O3/c1-19(21-8-9-30-23(14-21)18-34)16-31-10-11-32(27(17-31)20-2-4-22(29)5-3-20)26-7-6-24(15-25(26)28)35-13-12-33/h2-9,14-15,19,27,33-34H,10-13,16-18H2,1H3/t19-,27-/m0/s1. The number of rotatable bonds is 9. The Labute approximate surface area is 210 Å². The highest BCUT2D eigenvalue weighted by Gasteiger charge is 2.30. The third-order valence-corrected chi connectivity index (χ3v) is 6.71. The molecule has 6 nitrogen and oxygen atoms in total. The fourth-order valence-corrected chi connectivity index (χ4v) is 4.90. The van der Waals surface area contributed by atoms with Crippen molar-refractivity contribution in [1.29, 1.82) is 0 Å². The molecule has 2 heterocycles. The van der Waals surface area contributed by atoms with E-state index in [0.29, 0.717) is 16.5 Å². The fourth-order valence-electron chi connectivity index (χ4n) is 4.62. The topological polar surface area (TPSA) is 69.1 Å². The van der Waals surface area contributed by atoms with Crippen molar-refractivity contribution in [2.45, 2.75) is 25.5 Å². The van der Waals surface area contributed by atoms with Gasteiger partial charge >= 0.3 is 0 Å². The van der Waals surface area contributed by atoms with Crippen molar-refractivity contribution in [3.63, 3.8) is 0 Å². The number of hydrogen-bond donors (Lipinski definition) is 2. The number of benzene rings is 2. The average molecular weight is 500 g/mol. The van der Waals surface area contributed by atoms with Crippen molar-refractivity contribution >= 4 is 17.3 Å². The Bertz CT molecular complexity index is 1120. The van der Waals surface area contributed by atoms with Crippen LogP contribution in [0.2, 0.25) is 5.02 Å². The van der Waals surface area contributed by atoms with E-state index in [-0.39, 0.29) is 37.6 Å². The molecule has 186 valence electrons. The van der Waals surface area contributed by atoms with Crippen LogP contribution >= 0.6 is 11.6 Å². The second-order valence-corrected chi connectivity index (χ2v) is 9.25. The van der Waals surface area contributed by atoms with Gasteiger partial charge in [0.1, 0.15) is 18.2 Å². The SMILES string of the molecule is C[C@@H](CN1CCN(c2ccc(OCCO)cc2Cl)[C@H](c2ccc(F)cc2)C1)c1ccnc(CO)c1. The lowest BCUT2D eigenvalue weighted by Crippen LogP contribution is -2.49. The number of anilines is 1. The minimum Gasteiger partial charge on any atom is -0.491 e. The Morgan fingerprint density at radius 2 is 1.91 bits per heavy atom. The molecule has 1 aromatic heterocycles. The number of nitrogens with zero attached hydrogens (tertiary/aromatic N) is 3. The van der Waals surface area contributed by atoms with Gasteiger partial charge in [0, 0.05) is 38.4 Å². The molecule has 2 aromatic carbocycles. The zero-order valence-corrected chi connectivity index (χ0v) is 20.5. The Morgan fingerprint density at radius 3 is 2.63 bits per heavy atom. The molecular weight excluding hydrogens is 469 g/mol. The normalized spacial score (nSPS) is 17.4. The summed E-state index contributed by atoms with van der Waals surface area (Å²) in [6, 6.07) is 16.2. The van der Waals surface area contributed by atoms with E-state index in [4.69, 9.17) is 21.4 Å². The molecule has 35 heavy (non-hydrogen) atoms. The molecule has 2 atom stereocenters. The van der Waals surface area contributed by atoms with Crippen LogP contribution in [0, 0.1) is 5.82 Å². The third kappa shape index (κ3) is 6.30. The maximum Gasteiger partial charge on any atom is 0.123 e. The number of pyridine rings is 1. The number of aliphatic hydroxyl groups excluding tert-OH is 2. The average Bonchev–Trinajstić information content (AvgIpc) is 2.88. The summed E-state index contributed by atoms with van der Waals surface area (Å²) in [6.45, 7) is 5.46. The highest BCUT2D eigenvalue weighted by Crippen LogP contribution is 2.37. The summed E-state index contributed by atoms with van der Waals surface area (Å²) in [4.78, 5) is 8.87. The predicted octanol–water partition coefficient (Wildman–Crippen LogP) is 4.40. The zero-order chi connectivity index (χ0) is 24.8. The summed E-state index contributed by atoms with van der Waals surface area (Å²) >= 11 is 6.66. The maximum atomic E-state index is 13.7. The number of hydrogen-bond acceptors (Lipinski definition) is 6. The summed E-state index contributed by atoms with van der Waals surface area (Å²) in [5, 5.41) is 19.0. The first-order chi connectivity index (χ1) is 17.0. The second-order valence-electron chi connectivity index (χ2n) is 8.85. The van der Waals surface area contributed by atoms with Gasteiger partial charge in [-0.25, -0.2) is 4.39 Å². The summed E-state index contributed by atoms with van der Waals surface area (Å²) in [7, 11) is 0. The van der Waals surface area contributed by atoms with Gasteiger partial charge in [0.2, 0.25) is 0 Å². The number of ether oxygens (including phenoxy) is 1. The highest BCUT2D eigenvalue weighted by molar-refractivity contribution is 6.33. The molecular formula is C27H31ClFN3O3. The molecule has 0 spiro atoms. The van der Waals surface area contributed by atoms with Crippen molar-refractivity contribution in [3.05, 3.63) is 88.5 Å². The van der Waals surface area contributed by atoms with E-state index in [1.807, 2.05) is 36.4 Å². The van der Waals surface area contributed by atoms with E-state index in [2.05, 4.69) is 21.7 Å². The van der Waals surface area contributed by atoms with Gasteiger partial charge in [0.05, 0.1) is 35.7 Å². The lowest BCUT2D eigenvalue weighted by molar-refractivity contribution is 0.201. The summed E-state index contributed by atoms with van der Waals surface area (Å²) in [6.07, 6.45) is 1.74. The smallest absolute Gasteiger partial charge is 0.123 e. The molecule has 0 bridgehead atoms. The van der Waals surface area contributed by atoms with Crippen LogP contribution in [0.4, 0.5) is 10.1 Å². The lowest BCUT2D eigenvalue weighted by Gasteiger charge is -2.44. The Morgan fingerprint density at radius 1 is 1.11 bits per heavy atom. The van der Waals surface area contributed by atoms with Crippen LogP contribution in [0.5, 0.6) is 5.75 Å². The molecule has 0 unspecified atom stereocenters. The van der Waals surface area contributed by atoms with E-state index >= 15 is 0 Å². The fraction of sp³-hybridized carbons (Fsp3) is 0.370. The summed E-state index contributed by atoms with van der Waals surface area (Å²) in [5.41, 5.74) is 3.73. The van der Waals surface area contributed by atoms with Gasteiger partial charge in [0.25, 0.3) is 0 Å². The molecule has 0 radical (unpaired) electrons. The predicted molar refractivity (Wildman–Crippen MR) is 136 cm³/mol. The first-order valence-corrected chi connectivity index (χ1v) is 12.2. The zero-order valence-electron chi connectivity index (χ0n) is 19.8. The second kappa shape index (κ2) is 11.8. The van der Waals surface area contributed by atoms with Crippen LogP contribution in [-0.2, 0) is 6.61 Å². The van der Waals surface area contributed by atoms with E-state index in [1.54, 1.807) is 12.3 Å². The molecule has 8 heteroatoms. The van der Waals surface area contributed by atoms with E-state index in [0.717, 1.165) is 43.0 Å². The van der Waals surface area contributed by atoms with Crippen molar-refractivity contribution in [1.82, 2.24) is 9.88 Å². The minimum atomic E-state index is -0.262. The van der Waals surface area contributed by atoms with Crippen LogP contribution in [0.15, 0.2) is 60.8 Å². The van der Waals surface area contributed by atoms with Crippen LogP contribution in [0.25, 0.3) is 0 Å². The third-order valence-electron chi connectivity index (χ3n) is 6.41.